The lowest BCUT2D eigenvalue weighted by molar-refractivity contribution is 0.171. The van der Waals surface area contributed by atoms with E-state index in [1.165, 1.54) is 0 Å². The highest BCUT2D eigenvalue weighted by Crippen LogP contribution is 2.35. The van der Waals surface area contributed by atoms with Gasteiger partial charge < -0.3 is 18.4 Å². The Balaban J connectivity index is 1.44. The molecule has 0 N–H and O–H groups in total. The molecule has 0 saturated heterocycles. The third kappa shape index (κ3) is 2.67. The summed E-state index contributed by atoms with van der Waals surface area (Å²) in [6.45, 7) is 1.18. The monoisotopic (exact) mass is 316 g/mol. The summed E-state index contributed by atoms with van der Waals surface area (Å²) in [5.41, 5.74) is 0. The zero-order valence-electron chi connectivity index (χ0n) is 11.5. The number of hydrogen-bond donors (Lipinski definition) is 0. The molecule has 7 heteroatoms. The average molecular weight is 316 g/mol. The first-order chi connectivity index (χ1) is 10.9. The third-order valence-electron chi connectivity index (χ3n) is 3.08. The first-order valence-corrected chi connectivity index (χ1v) is 7.76. The summed E-state index contributed by atoms with van der Waals surface area (Å²) in [6, 6.07) is 9.44. The van der Waals surface area contributed by atoms with E-state index in [2.05, 4.69) is 10.1 Å². The lowest BCUT2D eigenvalue weighted by atomic mass is 10.3. The highest BCUT2D eigenvalue weighted by molar-refractivity contribution is 7.98. The van der Waals surface area contributed by atoms with Crippen LogP contribution in [-0.4, -0.2) is 23.4 Å². The van der Waals surface area contributed by atoms with E-state index in [-0.39, 0.29) is 0 Å². The molecule has 0 spiro atoms. The van der Waals surface area contributed by atoms with E-state index in [4.69, 9.17) is 18.4 Å². The molecule has 3 aromatic rings. The van der Waals surface area contributed by atoms with Crippen molar-refractivity contribution in [3.63, 3.8) is 0 Å². The normalized spacial score (nSPS) is 13.3. The van der Waals surface area contributed by atoms with E-state index < -0.39 is 0 Å². The molecule has 0 bridgehead atoms. The summed E-state index contributed by atoms with van der Waals surface area (Å²) in [6.07, 6.45) is 1.57. The number of fused-ring (bicyclic) bond motifs is 1. The molecule has 0 radical (unpaired) electrons. The Labute approximate surface area is 130 Å². The topological polar surface area (TPSA) is 70.5 Å². The molecule has 2 aromatic heterocycles. The maximum Gasteiger partial charge on any atom is 0.293 e. The van der Waals surface area contributed by atoms with Crippen molar-refractivity contribution in [1.82, 2.24) is 10.1 Å². The third-order valence-corrected chi connectivity index (χ3v) is 4.07. The van der Waals surface area contributed by atoms with Crippen LogP contribution in [0.4, 0.5) is 0 Å². The molecule has 22 heavy (non-hydrogen) atoms. The van der Waals surface area contributed by atoms with Gasteiger partial charge in [-0.25, -0.2) is 0 Å². The van der Waals surface area contributed by atoms with E-state index in [1.807, 2.05) is 18.2 Å². The van der Waals surface area contributed by atoms with Crippen LogP contribution in [0.1, 0.15) is 5.82 Å². The lowest BCUT2D eigenvalue weighted by Gasteiger charge is -2.18. The van der Waals surface area contributed by atoms with Gasteiger partial charge in [-0.15, -0.1) is 11.8 Å². The molecule has 0 fully saturated rings. The summed E-state index contributed by atoms with van der Waals surface area (Å²) in [5, 5.41) is 3.95. The maximum absolute atomic E-state index is 5.57. The van der Waals surface area contributed by atoms with Crippen molar-refractivity contribution >= 4 is 11.8 Å². The quantitative estimate of drug-likeness (QED) is 0.683. The van der Waals surface area contributed by atoms with E-state index in [0.29, 0.717) is 36.4 Å². The van der Waals surface area contributed by atoms with Crippen molar-refractivity contribution in [1.29, 1.82) is 0 Å². The van der Waals surface area contributed by atoms with E-state index in [9.17, 15) is 0 Å². The molecular formula is C15H12N2O4S. The van der Waals surface area contributed by atoms with Crippen LogP contribution < -0.4 is 9.47 Å². The first-order valence-electron chi connectivity index (χ1n) is 6.77. The summed E-state index contributed by atoms with van der Waals surface area (Å²) >= 11 is 1.61. The molecule has 0 amide bonds. The zero-order chi connectivity index (χ0) is 14.8. The van der Waals surface area contributed by atoms with Gasteiger partial charge in [0.2, 0.25) is 0 Å². The van der Waals surface area contributed by atoms with E-state index >= 15 is 0 Å². The molecule has 1 aliphatic rings. The van der Waals surface area contributed by atoms with Crippen LogP contribution in [-0.2, 0) is 5.75 Å². The van der Waals surface area contributed by atoms with Gasteiger partial charge in [-0.1, -0.05) is 5.16 Å². The molecule has 112 valence electrons. The summed E-state index contributed by atoms with van der Waals surface area (Å²) < 4.78 is 21.5. The Hall–Kier alpha value is -2.41. The van der Waals surface area contributed by atoms with E-state index in [0.717, 1.165) is 16.4 Å². The van der Waals surface area contributed by atoms with Crippen molar-refractivity contribution in [3.8, 4) is 23.1 Å². The van der Waals surface area contributed by atoms with Gasteiger partial charge in [-0.3, -0.25) is 0 Å². The second-order valence-corrected chi connectivity index (χ2v) is 5.64. The fraction of sp³-hybridized carbons (Fsp3) is 0.200. The van der Waals surface area contributed by atoms with Gasteiger partial charge in [0.25, 0.3) is 5.89 Å². The highest BCUT2D eigenvalue weighted by atomic mass is 32.2. The minimum Gasteiger partial charge on any atom is -0.486 e. The molecule has 6 nitrogen and oxygen atoms in total. The van der Waals surface area contributed by atoms with Gasteiger partial charge in [-0.05, 0) is 30.3 Å². The largest absolute Gasteiger partial charge is 0.486 e. The zero-order valence-corrected chi connectivity index (χ0v) is 12.3. The van der Waals surface area contributed by atoms with Crippen LogP contribution in [0.25, 0.3) is 11.7 Å². The summed E-state index contributed by atoms with van der Waals surface area (Å²) in [5.74, 6) is 3.75. The fourth-order valence-corrected chi connectivity index (χ4v) is 2.84. The average Bonchev–Trinajstić information content (AvgIpc) is 3.24. The van der Waals surface area contributed by atoms with Crippen LogP contribution >= 0.6 is 11.8 Å². The van der Waals surface area contributed by atoms with Crippen LogP contribution in [0.15, 0.2) is 50.4 Å². The van der Waals surface area contributed by atoms with Gasteiger partial charge in [0.05, 0.1) is 12.0 Å². The van der Waals surface area contributed by atoms with Crippen LogP contribution in [0.2, 0.25) is 0 Å². The van der Waals surface area contributed by atoms with Crippen molar-refractivity contribution < 1.29 is 18.4 Å². The Kier molecular flexibility index (Phi) is 3.48. The van der Waals surface area contributed by atoms with Gasteiger partial charge in [0.1, 0.15) is 13.2 Å². The number of hydrogen-bond acceptors (Lipinski definition) is 7. The second-order valence-electron chi connectivity index (χ2n) is 4.59. The van der Waals surface area contributed by atoms with E-state index in [1.54, 1.807) is 30.2 Å². The lowest BCUT2D eigenvalue weighted by Crippen LogP contribution is -2.15. The van der Waals surface area contributed by atoms with Gasteiger partial charge in [0, 0.05) is 4.90 Å². The predicted octanol–water partition coefficient (Wildman–Crippen LogP) is 3.39. The van der Waals surface area contributed by atoms with Gasteiger partial charge >= 0.3 is 0 Å². The number of rotatable bonds is 4. The second kappa shape index (κ2) is 5.76. The molecule has 1 aromatic carbocycles. The molecular weight excluding hydrogens is 304 g/mol. The first kappa shape index (κ1) is 13.3. The molecule has 3 heterocycles. The Morgan fingerprint density at radius 1 is 1.09 bits per heavy atom. The Bertz CT molecular complexity index is 770. The van der Waals surface area contributed by atoms with Crippen molar-refractivity contribution in [3.05, 3.63) is 42.4 Å². The summed E-state index contributed by atoms with van der Waals surface area (Å²) in [7, 11) is 0. The number of benzene rings is 1. The smallest absolute Gasteiger partial charge is 0.293 e. The number of aromatic nitrogens is 2. The SMILES string of the molecule is c1coc(-c2nc(CSc3ccc4c(c3)OCCO4)no2)c1. The highest BCUT2D eigenvalue weighted by Gasteiger charge is 2.14. The Morgan fingerprint density at radius 3 is 2.86 bits per heavy atom. The number of thioether (sulfide) groups is 1. The molecule has 4 rings (SSSR count). The van der Waals surface area contributed by atoms with Crippen LogP contribution in [0, 0.1) is 0 Å². The van der Waals surface area contributed by atoms with Crippen molar-refractivity contribution in [2.75, 3.05) is 13.2 Å². The number of ether oxygens (including phenoxy) is 2. The minimum absolute atomic E-state index is 0.391. The van der Waals surface area contributed by atoms with Gasteiger partial charge in [0.15, 0.2) is 23.1 Å². The van der Waals surface area contributed by atoms with Crippen molar-refractivity contribution in [2.45, 2.75) is 10.6 Å². The fourth-order valence-electron chi connectivity index (χ4n) is 2.07. The maximum atomic E-state index is 5.57. The molecule has 0 unspecified atom stereocenters. The molecule has 0 aliphatic carbocycles. The number of nitrogens with zero attached hydrogens (tertiary/aromatic N) is 2. The summed E-state index contributed by atoms with van der Waals surface area (Å²) in [4.78, 5) is 5.37. The number of furan rings is 1. The molecule has 1 aliphatic heterocycles. The Morgan fingerprint density at radius 2 is 2.00 bits per heavy atom. The molecule has 0 atom stereocenters. The van der Waals surface area contributed by atoms with Crippen LogP contribution in [0.3, 0.4) is 0 Å². The standard InChI is InChI=1S/C15H12N2O4S/c1-2-12(18-5-1)15-16-14(17-21-15)9-22-10-3-4-11-13(8-10)20-7-6-19-11/h1-5,8H,6-7,9H2. The minimum atomic E-state index is 0.391. The van der Waals surface area contributed by atoms with Crippen LogP contribution in [0.5, 0.6) is 11.5 Å². The predicted molar refractivity (Wildman–Crippen MR) is 79.0 cm³/mol. The molecule has 0 saturated carbocycles. The van der Waals surface area contributed by atoms with Crippen molar-refractivity contribution in [2.24, 2.45) is 0 Å². The van der Waals surface area contributed by atoms with Gasteiger partial charge in [-0.2, -0.15) is 4.98 Å².